The van der Waals surface area contributed by atoms with Gasteiger partial charge in [0, 0.05) is 6.07 Å². The first-order valence-corrected chi connectivity index (χ1v) is 7.17. The van der Waals surface area contributed by atoms with Crippen molar-refractivity contribution < 1.29 is 18.3 Å². The molecule has 0 saturated heterocycles. The fourth-order valence-electron chi connectivity index (χ4n) is 2.23. The van der Waals surface area contributed by atoms with Crippen LogP contribution in [0.4, 0.5) is 20.3 Å². The smallest absolute Gasteiger partial charge is 0.341 e. The summed E-state index contributed by atoms with van der Waals surface area (Å²) in [5.74, 6) is -1.53. The molecule has 2 heterocycles. The van der Waals surface area contributed by atoms with E-state index in [9.17, 15) is 13.6 Å². The lowest BCUT2D eigenvalue weighted by Crippen LogP contribution is -2.07. The Morgan fingerprint density at radius 2 is 1.96 bits per heavy atom. The Hall–Kier alpha value is -3.36. The molecule has 3 rings (SSSR count). The zero-order chi connectivity index (χ0) is 18.0. The second-order valence-corrected chi connectivity index (χ2v) is 5.03. The van der Waals surface area contributed by atoms with Crippen LogP contribution in [0, 0.1) is 18.6 Å². The van der Waals surface area contributed by atoms with Crippen molar-refractivity contribution in [3.05, 3.63) is 59.7 Å². The van der Waals surface area contributed by atoms with Crippen LogP contribution in [-0.4, -0.2) is 32.8 Å². The SMILES string of the molecule is COC(=O)c1cnn(-c2cc(Nc3c(F)cccc3F)ncn2)c1C. The summed E-state index contributed by atoms with van der Waals surface area (Å²) in [5, 5.41) is 6.66. The van der Waals surface area contributed by atoms with Gasteiger partial charge in [-0.25, -0.2) is 28.2 Å². The standard InChI is InChI=1S/C16H13F2N5O2/c1-9-10(16(24)25-2)7-21-23(9)14-6-13(19-8-20-14)22-15-11(17)4-3-5-12(15)18/h3-8H,1-2H3,(H,19,20,22). The Balaban J connectivity index is 1.95. The van der Waals surface area contributed by atoms with E-state index in [1.165, 1.54) is 36.4 Å². The zero-order valence-electron chi connectivity index (χ0n) is 13.3. The highest BCUT2D eigenvalue weighted by Crippen LogP contribution is 2.23. The second-order valence-electron chi connectivity index (χ2n) is 5.03. The molecule has 1 N–H and O–H groups in total. The molecule has 0 aliphatic heterocycles. The molecule has 0 atom stereocenters. The minimum absolute atomic E-state index is 0.170. The molecule has 0 aliphatic carbocycles. The summed E-state index contributed by atoms with van der Waals surface area (Å²) in [6, 6.07) is 4.98. The van der Waals surface area contributed by atoms with E-state index in [4.69, 9.17) is 0 Å². The van der Waals surface area contributed by atoms with Crippen LogP contribution in [0.3, 0.4) is 0 Å². The number of para-hydroxylation sites is 1. The molecule has 128 valence electrons. The van der Waals surface area contributed by atoms with Crippen LogP contribution in [0.1, 0.15) is 16.1 Å². The van der Waals surface area contributed by atoms with Gasteiger partial charge < -0.3 is 10.1 Å². The van der Waals surface area contributed by atoms with E-state index in [2.05, 4.69) is 25.1 Å². The highest BCUT2D eigenvalue weighted by Gasteiger charge is 2.17. The molecule has 0 amide bonds. The fraction of sp³-hybridized carbons (Fsp3) is 0.125. The number of carbonyl (C=O) groups excluding carboxylic acids is 1. The van der Waals surface area contributed by atoms with Gasteiger partial charge in [0.15, 0.2) is 5.82 Å². The van der Waals surface area contributed by atoms with Crippen LogP contribution in [0.2, 0.25) is 0 Å². The molecule has 0 radical (unpaired) electrons. The van der Waals surface area contributed by atoms with Crippen LogP contribution >= 0.6 is 0 Å². The summed E-state index contributed by atoms with van der Waals surface area (Å²) < 4.78 is 33.6. The molecule has 0 aliphatic rings. The summed E-state index contributed by atoms with van der Waals surface area (Å²) >= 11 is 0. The van der Waals surface area contributed by atoms with Gasteiger partial charge in [-0.15, -0.1) is 0 Å². The van der Waals surface area contributed by atoms with Crippen molar-refractivity contribution in [2.45, 2.75) is 6.92 Å². The molecule has 0 saturated carbocycles. The third-order valence-electron chi connectivity index (χ3n) is 3.50. The molecule has 0 unspecified atom stereocenters. The lowest BCUT2D eigenvalue weighted by atomic mass is 10.2. The van der Waals surface area contributed by atoms with Gasteiger partial charge in [-0.3, -0.25) is 0 Å². The molecule has 2 aromatic heterocycles. The molecular weight excluding hydrogens is 332 g/mol. The van der Waals surface area contributed by atoms with Crippen molar-refractivity contribution in [1.29, 1.82) is 0 Å². The van der Waals surface area contributed by atoms with Gasteiger partial charge in [0.05, 0.1) is 19.0 Å². The number of benzene rings is 1. The molecule has 0 fully saturated rings. The number of rotatable bonds is 4. The van der Waals surface area contributed by atoms with Crippen LogP contribution in [0.5, 0.6) is 0 Å². The number of anilines is 2. The summed E-state index contributed by atoms with van der Waals surface area (Å²) in [5.41, 5.74) is 0.476. The molecule has 9 heteroatoms. The Kier molecular flexibility index (Phi) is 4.38. The number of ether oxygens (including phenoxy) is 1. The predicted molar refractivity (Wildman–Crippen MR) is 84.9 cm³/mol. The molecule has 0 spiro atoms. The zero-order valence-corrected chi connectivity index (χ0v) is 13.3. The number of hydrogen-bond donors (Lipinski definition) is 1. The second kappa shape index (κ2) is 6.63. The normalized spacial score (nSPS) is 10.6. The van der Waals surface area contributed by atoms with Crippen molar-refractivity contribution >= 4 is 17.5 Å². The monoisotopic (exact) mass is 345 g/mol. The number of hydrogen-bond acceptors (Lipinski definition) is 6. The van der Waals surface area contributed by atoms with Gasteiger partial charge in [0.25, 0.3) is 0 Å². The number of halogens is 2. The average molecular weight is 345 g/mol. The third kappa shape index (κ3) is 3.16. The van der Waals surface area contributed by atoms with Gasteiger partial charge >= 0.3 is 5.97 Å². The molecule has 7 nitrogen and oxygen atoms in total. The Labute approximate surface area is 141 Å². The van der Waals surface area contributed by atoms with Gasteiger partial charge in [-0.2, -0.15) is 5.10 Å². The third-order valence-corrected chi connectivity index (χ3v) is 3.50. The Bertz CT molecular complexity index is 922. The van der Waals surface area contributed by atoms with Gasteiger partial charge in [0.1, 0.15) is 35.0 Å². The molecule has 3 aromatic rings. The van der Waals surface area contributed by atoms with E-state index < -0.39 is 17.6 Å². The van der Waals surface area contributed by atoms with Crippen molar-refractivity contribution in [2.75, 3.05) is 12.4 Å². The molecule has 1 aromatic carbocycles. The summed E-state index contributed by atoms with van der Waals surface area (Å²) in [4.78, 5) is 19.7. The summed E-state index contributed by atoms with van der Waals surface area (Å²) in [6.07, 6.45) is 2.57. The minimum atomic E-state index is -0.747. The molecular formula is C16H13F2N5O2. The number of esters is 1. The van der Waals surface area contributed by atoms with Crippen molar-refractivity contribution in [1.82, 2.24) is 19.7 Å². The number of nitrogens with one attached hydrogen (secondary N) is 1. The van der Waals surface area contributed by atoms with E-state index >= 15 is 0 Å². The first-order chi connectivity index (χ1) is 12.0. The lowest BCUT2D eigenvalue weighted by Gasteiger charge is -2.09. The highest BCUT2D eigenvalue weighted by atomic mass is 19.1. The Morgan fingerprint density at radius 1 is 1.24 bits per heavy atom. The van der Waals surface area contributed by atoms with Crippen molar-refractivity contribution in [3.63, 3.8) is 0 Å². The summed E-state index contributed by atoms with van der Waals surface area (Å²) in [6.45, 7) is 1.67. The van der Waals surface area contributed by atoms with E-state index in [1.54, 1.807) is 6.92 Å². The highest BCUT2D eigenvalue weighted by molar-refractivity contribution is 5.90. The minimum Gasteiger partial charge on any atom is -0.465 e. The number of carbonyl (C=O) groups is 1. The molecule has 0 bridgehead atoms. The summed E-state index contributed by atoms with van der Waals surface area (Å²) in [7, 11) is 1.27. The van der Waals surface area contributed by atoms with Gasteiger partial charge in [-0.05, 0) is 19.1 Å². The maximum absolute atomic E-state index is 13.7. The van der Waals surface area contributed by atoms with Crippen LogP contribution in [0.25, 0.3) is 5.82 Å². The maximum Gasteiger partial charge on any atom is 0.341 e. The lowest BCUT2D eigenvalue weighted by molar-refractivity contribution is 0.0600. The van der Waals surface area contributed by atoms with Crippen molar-refractivity contribution in [2.24, 2.45) is 0 Å². The van der Waals surface area contributed by atoms with E-state index in [-0.39, 0.29) is 17.1 Å². The van der Waals surface area contributed by atoms with Crippen LogP contribution in [0.15, 0.2) is 36.8 Å². The van der Waals surface area contributed by atoms with Crippen LogP contribution in [-0.2, 0) is 4.74 Å². The number of methoxy groups -OCH3 is 1. The first kappa shape index (κ1) is 16.5. The van der Waals surface area contributed by atoms with E-state index in [0.29, 0.717) is 11.5 Å². The van der Waals surface area contributed by atoms with E-state index in [1.807, 2.05) is 0 Å². The number of nitrogens with zero attached hydrogens (tertiary/aromatic N) is 4. The average Bonchev–Trinajstić information content (AvgIpc) is 2.99. The van der Waals surface area contributed by atoms with Crippen LogP contribution < -0.4 is 5.32 Å². The number of aromatic nitrogens is 4. The molecule has 25 heavy (non-hydrogen) atoms. The quantitative estimate of drug-likeness (QED) is 0.732. The topological polar surface area (TPSA) is 81.9 Å². The largest absolute Gasteiger partial charge is 0.465 e. The maximum atomic E-state index is 13.7. The van der Waals surface area contributed by atoms with E-state index in [0.717, 1.165) is 12.1 Å². The van der Waals surface area contributed by atoms with Gasteiger partial charge in [0.2, 0.25) is 0 Å². The first-order valence-electron chi connectivity index (χ1n) is 7.17. The van der Waals surface area contributed by atoms with Gasteiger partial charge in [-0.1, -0.05) is 6.07 Å². The Morgan fingerprint density at radius 3 is 2.64 bits per heavy atom. The fourth-order valence-corrected chi connectivity index (χ4v) is 2.23. The van der Waals surface area contributed by atoms with Crippen molar-refractivity contribution in [3.8, 4) is 5.82 Å². The predicted octanol–water partition coefficient (Wildman–Crippen LogP) is 2.78.